The third-order valence-corrected chi connectivity index (χ3v) is 5.08. The molecule has 0 atom stereocenters. The van der Waals surface area contributed by atoms with Crippen LogP contribution in [0.3, 0.4) is 0 Å². The molecule has 0 amide bonds. The number of esters is 2. The van der Waals surface area contributed by atoms with Gasteiger partial charge >= 0.3 is 11.9 Å². The molecule has 0 aliphatic heterocycles. The molecule has 0 fully saturated rings. The lowest BCUT2D eigenvalue weighted by Crippen LogP contribution is -2.24. The Balaban J connectivity index is 1.90. The molecule has 0 radical (unpaired) electrons. The van der Waals surface area contributed by atoms with Crippen molar-refractivity contribution in [2.24, 2.45) is 0 Å². The minimum atomic E-state index is -0.637. The lowest BCUT2D eigenvalue weighted by molar-refractivity contribution is 0.00702. The van der Waals surface area contributed by atoms with Gasteiger partial charge in [-0.25, -0.2) is 14.0 Å². The monoisotopic (exact) mass is 466 g/mol. The van der Waals surface area contributed by atoms with Gasteiger partial charge < -0.3 is 9.47 Å². The lowest BCUT2D eigenvalue weighted by atomic mass is 9.98. The zero-order chi connectivity index (χ0) is 24.9. The van der Waals surface area contributed by atoms with Crippen LogP contribution in [0.25, 0.3) is 11.1 Å². The van der Waals surface area contributed by atoms with Crippen LogP contribution in [0, 0.1) is 5.82 Å². The number of carbonyl (C=O) groups excluding carboxylic acids is 2. The Hall–Kier alpha value is -3.48. The van der Waals surface area contributed by atoms with Crippen LogP contribution in [-0.2, 0) is 22.4 Å². The van der Waals surface area contributed by atoms with Crippen molar-refractivity contribution in [3.63, 3.8) is 0 Å². The average molecular weight is 467 g/mol. The largest absolute Gasteiger partial charge is 0.461 e. The number of nitrogens with zero attached hydrogens (tertiary/aromatic N) is 2. The third kappa shape index (κ3) is 6.10. The molecule has 0 spiro atoms. The van der Waals surface area contributed by atoms with Gasteiger partial charge in [0.15, 0.2) is 5.69 Å². The summed E-state index contributed by atoms with van der Waals surface area (Å²) in [6.45, 7) is 9.61. The summed E-state index contributed by atoms with van der Waals surface area (Å²) >= 11 is 0. The van der Waals surface area contributed by atoms with Crippen molar-refractivity contribution < 1.29 is 23.5 Å². The molecule has 0 saturated heterocycles. The van der Waals surface area contributed by atoms with Crippen LogP contribution in [0.4, 0.5) is 4.39 Å². The first-order chi connectivity index (χ1) is 16.1. The first-order valence-electron chi connectivity index (χ1n) is 11.5. The molecule has 1 heterocycles. The molecule has 0 bridgehead atoms. The van der Waals surface area contributed by atoms with Gasteiger partial charge in [0.05, 0.1) is 18.7 Å². The fourth-order valence-corrected chi connectivity index (χ4v) is 3.60. The number of ether oxygens (including phenoxy) is 2. The predicted molar refractivity (Wildman–Crippen MR) is 128 cm³/mol. The molecule has 7 heteroatoms. The number of benzene rings is 2. The first kappa shape index (κ1) is 25.1. The van der Waals surface area contributed by atoms with Crippen molar-refractivity contribution in [3.8, 4) is 11.1 Å². The lowest BCUT2D eigenvalue weighted by Gasteiger charge is -2.20. The molecule has 6 nitrogen and oxygen atoms in total. The van der Waals surface area contributed by atoms with E-state index < -0.39 is 23.4 Å². The Morgan fingerprint density at radius 3 is 2.41 bits per heavy atom. The number of hydrogen-bond acceptors (Lipinski definition) is 5. The second-order valence-electron chi connectivity index (χ2n) is 9.00. The summed E-state index contributed by atoms with van der Waals surface area (Å²) in [5, 5.41) is 4.35. The number of hydrogen-bond donors (Lipinski definition) is 0. The Morgan fingerprint density at radius 1 is 1.03 bits per heavy atom. The summed E-state index contributed by atoms with van der Waals surface area (Å²) in [6.07, 6.45) is 1.56. The topological polar surface area (TPSA) is 70.4 Å². The zero-order valence-corrected chi connectivity index (χ0v) is 20.4. The highest BCUT2D eigenvalue weighted by Crippen LogP contribution is 2.28. The average Bonchev–Trinajstić information content (AvgIpc) is 3.17. The second kappa shape index (κ2) is 10.6. The van der Waals surface area contributed by atoms with Gasteiger partial charge in [-0.3, -0.25) is 4.68 Å². The second-order valence-corrected chi connectivity index (χ2v) is 9.00. The Morgan fingerprint density at radius 2 is 1.76 bits per heavy atom. The van der Waals surface area contributed by atoms with E-state index >= 15 is 4.39 Å². The van der Waals surface area contributed by atoms with Crippen molar-refractivity contribution in [3.05, 3.63) is 76.9 Å². The summed E-state index contributed by atoms with van der Waals surface area (Å²) in [5.74, 6) is -1.37. The number of halogens is 1. The maximum atomic E-state index is 15.2. The van der Waals surface area contributed by atoms with Crippen molar-refractivity contribution >= 4 is 11.9 Å². The molecule has 34 heavy (non-hydrogen) atoms. The number of carbonyl (C=O) groups is 2. The first-order valence-corrected chi connectivity index (χ1v) is 11.5. The van der Waals surface area contributed by atoms with Gasteiger partial charge in [-0.15, -0.1) is 0 Å². The smallest absolute Gasteiger partial charge is 0.358 e. The maximum absolute atomic E-state index is 15.2. The Bertz CT molecular complexity index is 1180. The van der Waals surface area contributed by atoms with Crippen LogP contribution in [0.2, 0.25) is 0 Å². The van der Waals surface area contributed by atoms with E-state index in [1.54, 1.807) is 74.8 Å². The highest BCUT2D eigenvalue weighted by molar-refractivity contribution is 5.97. The van der Waals surface area contributed by atoms with E-state index in [2.05, 4.69) is 5.10 Å². The van der Waals surface area contributed by atoms with Crippen LogP contribution in [-0.4, -0.2) is 33.9 Å². The molecular formula is C27H31FN2O4. The van der Waals surface area contributed by atoms with Crippen molar-refractivity contribution in [1.82, 2.24) is 9.78 Å². The van der Waals surface area contributed by atoms with Gasteiger partial charge in [-0.1, -0.05) is 43.7 Å². The van der Waals surface area contributed by atoms with Crippen LogP contribution in [0.5, 0.6) is 0 Å². The normalized spacial score (nSPS) is 11.4. The molecule has 0 saturated carbocycles. The number of aryl methyl sites for hydroxylation is 1. The molecule has 2 aromatic carbocycles. The number of rotatable bonds is 8. The van der Waals surface area contributed by atoms with E-state index in [4.69, 9.17) is 9.47 Å². The summed E-state index contributed by atoms with van der Waals surface area (Å²) in [7, 11) is 0. The molecule has 0 unspecified atom stereocenters. The van der Waals surface area contributed by atoms with Crippen molar-refractivity contribution in [1.29, 1.82) is 0 Å². The minimum Gasteiger partial charge on any atom is -0.461 e. The Labute approximate surface area is 199 Å². The van der Waals surface area contributed by atoms with Crippen LogP contribution in [0.1, 0.15) is 73.1 Å². The van der Waals surface area contributed by atoms with E-state index in [0.29, 0.717) is 28.7 Å². The van der Waals surface area contributed by atoms with E-state index in [9.17, 15) is 9.59 Å². The summed E-state index contributed by atoms with van der Waals surface area (Å²) in [6, 6.07) is 13.6. The zero-order valence-electron chi connectivity index (χ0n) is 20.4. The summed E-state index contributed by atoms with van der Waals surface area (Å²) in [5.41, 5.74) is 2.39. The van der Waals surface area contributed by atoms with Gasteiger partial charge in [0.1, 0.15) is 11.4 Å². The molecule has 0 aliphatic carbocycles. The van der Waals surface area contributed by atoms with E-state index in [-0.39, 0.29) is 18.8 Å². The standard InChI is InChI=1S/C27H31FN2O4/c1-6-10-20-16-24(26(32)33-7-2)29-30(20)17-19-14-13-18(15-23(19)28)21-11-8-9-12-22(21)25(31)34-27(3,4)5/h8-9,11-16H,6-7,10,17H2,1-5H3. The Kier molecular flexibility index (Phi) is 7.87. The minimum absolute atomic E-state index is 0.175. The molecule has 0 aliphatic rings. The fourth-order valence-electron chi connectivity index (χ4n) is 3.60. The SMILES string of the molecule is CCCc1cc(C(=O)OCC)nn1Cc1ccc(-c2ccccc2C(=O)OC(C)(C)C)cc1F. The van der Waals surface area contributed by atoms with Gasteiger partial charge in [0.2, 0.25) is 0 Å². The van der Waals surface area contributed by atoms with Gasteiger partial charge in [-0.05, 0) is 63.4 Å². The van der Waals surface area contributed by atoms with Crippen molar-refractivity contribution in [2.45, 2.75) is 59.6 Å². The van der Waals surface area contributed by atoms with Crippen LogP contribution < -0.4 is 0 Å². The summed E-state index contributed by atoms with van der Waals surface area (Å²) < 4.78 is 27.4. The number of aromatic nitrogens is 2. The molecule has 180 valence electrons. The van der Waals surface area contributed by atoms with Crippen LogP contribution in [0.15, 0.2) is 48.5 Å². The molecular weight excluding hydrogens is 435 g/mol. The highest BCUT2D eigenvalue weighted by atomic mass is 19.1. The molecule has 1 aromatic heterocycles. The van der Waals surface area contributed by atoms with E-state index in [0.717, 1.165) is 12.1 Å². The predicted octanol–water partition coefficient (Wildman–Crippen LogP) is 5.82. The van der Waals surface area contributed by atoms with Gasteiger partial charge in [0, 0.05) is 11.3 Å². The highest BCUT2D eigenvalue weighted by Gasteiger charge is 2.21. The fraction of sp³-hybridized carbons (Fsp3) is 0.370. The van der Waals surface area contributed by atoms with Crippen molar-refractivity contribution in [2.75, 3.05) is 6.61 Å². The van der Waals surface area contributed by atoms with Gasteiger partial charge in [0.25, 0.3) is 0 Å². The van der Waals surface area contributed by atoms with E-state index in [1.165, 1.54) is 6.07 Å². The molecule has 0 N–H and O–H groups in total. The van der Waals surface area contributed by atoms with Gasteiger partial charge in [-0.2, -0.15) is 5.10 Å². The third-order valence-electron chi connectivity index (χ3n) is 5.08. The maximum Gasteiger partial charge on any atom is 0.358 e. The quantitative estimate of drug-likeness (QED) is 0.391. The molecule has 3 rings (SSSR count). The summed E-state index contributed by atoms with van der Waals surface area (Å²) in [4.78, 5) is 24.8. The van der Waals surface area contributed by atoms with E-state index in [1.807, 2.05) is 6.92 Å². The van der Waals surface area contributed by atoms with Crippen LogP contribution >= 0.6 is 0 Å². The molecule has 3 aromatic rings.